The predicted octanol–water partition coefficient (Wildman–Crippen LogP) is 3.96. The lowest BCUT2D eigenvalue weighted by Crippen LogP contribution is -2.41. The first kappa shape index (κ1) is 13.9. The zero-order valence-corrected chi connectivity index (χ0v) is 12.2. The second-order valence-electron chi connectivity index (χ2n) is 5.62. The van der Waals surface area contributed by atoms with Crippen LogP contribution in [0.1, 0.15) is 6.42 Å². The molecule has 3 rings (SSSR count). The third-order valence-electron chi connectivity index (χ3n) is 3.75. The largest absolute Gasteiger partial charge is 0.633 e. The highest BCUT2D eigenvalue weighted by molar-refractivity contribution is 5.63. The van der Waals surface area contributed by atoms with E-state index in [9.17, 15) is 5.21 Å². The van der Waals surface area contributed by atoms with Gasteiger partial charge < -0.3 is 14.6 Å². The fourth-order valence-electron chi connectivity index (χ4n) is 2.43. The van der Waals surface area contributed by atoms with Crippen molar-refractivity contribution >= 4 is 0 Å². The van der Waals surface area contributed by atoms with Gasteiger partial charge in [0, 0.05) is 6.08 Å². The molecule has 0 fully saturated rings. The van der Waals surface area contributed by atoms with Crippen molar-refractivity contribution in [2.75, 3.05) is 20.1 Å². The SMILES string of the molecule is C[N+]1([O-])CC=C(Oc2ccc(-c3ccccc3)cc2)CC1. The van der Waals surface area contributed by atoms with Gasteiger partial charge in [0.1, 0.15) is 18.1 Å². The molecule has 0 aromatic heterocycles. The highest BCUT2D eigenvalue weighted by atomic mass is 16.5. The molecular weight excluding hydrogens is 262 g/mol. The van der Waals surface area contributed by atoms with Crippen LogP contribution in [0.3, 0.4) is 0 Å². The molecule has 1 heterocycles. The maximum absolute atomic E-state index is 11.8. The summed E-state index contributed by atoms with van der Waals surface area (Å²) in [7, 11) is 1.70. The second-order valence-corrected chi connectivity index (χ2v) is 5.62. The van der Waals surface area contributed by atoms with Crippen LogP contribution in [0.25, 0.3) is 11.1 Å². The van der Waals surface area contributed by atoms with Crippen molar-refractivity contribution in [1.29, 1.82) is 0 Å². The Morgan fingerprint density at radius 3 is 2.24 bits per heavy atom. The molecule has 3 heteroatoms. The van der Waals surface area contributed by atoms with Gasteiger partial charge in [-0.3, -0.25) is 0 Å². The molecule has 0 amide bonds. The van der Waals surface area contributed by atoms with Gasteiger partial charge in [-0.1, -0.05) is 42.5 Å². The lowest BCUT2D eigenvalue weighted by Gasteiger charge is -2.40. The molecule has 1 aliphatic rings. The Hall–Kier alpha value is -2.10. The van der Waals surface area contributed by atoms with Gasteiger partial charge in [-0.25, -0.2) is 0 Å². The number of ether oxygens (including phenoxy) is 1. The van der Waals surface area contributed by atoms with Gasteiger partial charge in [0.25, 0.3) is 0 Å². The van der Waals surface area contributed by atoms with Crippen LogP contribution < -0.4 is 4.74 Å². The van der Waals surface area contributed by atoms with Crippen molar-refractivity contribution in [2.45, 2.75) is 6.42 Å². The summed E-state index contributed by atoms with van der Waals surface area (Å²) in [5, 5.41) is 11.8. The Balaban J connectivity index is 1.70. The summed E-state index contributed by atoms with van der Waals surface area (Å²) in [6, 6.07) is 18.3. The lowest BCUT2D eigenvalue weighted by molar-refractivity contribution is -0.856. The molecule has 0 bridgehead atoms. The van der Waals surface area contributed by atoms with Crippen molar-refractivity contribution in [3.05, 3.63) is 71.6 Å². The second kappa shape index (κ2) is 5.72. The van der Waals surface area contributed by atoms with E-state index >= 15 is 0 Å². The summed E-state index contributed by atoms with van der Waals surface area (Å²) in [5.41, 5.74) is 2.37. The van der Waals surface area contributed by atoms with Crippen LogP contribution in [-0.2, 0) is 0 Å². The molecule has 0 aliphatic carbocycles. The van der Waals surface area contributed by atoms with Gasteiger partial charge in [0.15, 0.2) is 0 Å². The molecule has 0 saturated heterocycles. The summed E-state index contributed by atoms with van der Waals surface area (Å²) in [6.07, 6.45) is 2.60. The number of hydrogen-bond acceptors (Lipinski definition) is 2. The van der Waals surface area contributed by atoms with Crippen LogP contribution in [0, 0.1) is 5.21 Å². The Morgan fingerprint density at radius 2 is 1.62 bits per heavy atom. The van der Waals surface area contributed by atoms with E-state index in [1.165, 1.54) is 11.1 Å². The van der Waals surface area contributed by atoms with Crippen LogP contribution >= 0.6 is 0 Å². The van der Waals surface area contributed by atoms with Gasteiger partial charge in [-0.15, -0.1) is 0 Å². The van der Waals surface area contributed by atoms with Crippen LogP contribution in [0.2, 0.25) is 0 Å². The van der Waals surface area contributed by atoms with E-state index in [2.05, 4.69) is 24.3 Å². The Labute approximate surface area is 125 Å². The zero-order chi connectivity index (χ0) is 14.7. The molecule has 1 atom stereocenters. The van der Waals surface area contributed by atoms with Gasteiger partial charge in [-0.2, -0.15) is 0 Å². The molecule has 1 unspecified atom stereocenters. The number of hydroxylamine groups is 3. The van der Waals surface area contributed by atoms with E-state index in [1.807, 2.05) is 36.4 Å². The predicted molar refractivity (Wildman–Crippen MR) is 84.5 cm³/mol. The van der Waals surface area contributed by atoms with E-state index in [0.29, 0.717) is 19.5 Å². The summed E-state index contributed by atoms with van der Waals surface area (Å²) >= 11 is 0. The van der Waals surface area contributed by atoms with Crippen molar-refractivity contribution in [1.82, 2.24) is 0 Å². The Morgan fingerprint density at radius 1 is 0.952 bits per heavy atom. The van der Waals surface area contributed by atoms with E-state index < -0.39 is 0 Å². The number of likely N-dealkylation sites (N-methyl/N-ethyl adjacent to an activating group) is 1. The minimum atomic E-state index is -0.209. The molecule has 0 spiro atoms. The van der Waals surface area contributed by atoms with Gasteiger partial charge in [0.05, 0.1) is 20.0 Å². The smallest absolute Gasteiger partial charge is 0.126 e. The summed E-state index contributed by atoms with van der Waals surface area (Å²) in [5.74, 6) is 1.72. The topological polar surface area (TPSA) is 32.3 Å². The highest BCUT2D eigenvalue weighted by Crippen LogP contribution is 2.25. The minimum absolute atomic E-state index is 0.209. The quantitative estimate of drug-likeness (QED) is 0.630. The summed E-state index contributed by atoms with van der Waals surface area (Å²) in [4.78, 5) is 0. The van der Waals surface area contributed by atoms with E-state index in [4.69, 9.17) is 4.74 Å². The Bertz CT molecular complexity index is 630. The van der Waals surface area contributed by atoms with Gasteiger partial charge in [0.2, 0.25) is 0 Å². The van der Waals surface area contributed by atoms with Crippen LogP contribution in [0.5, 0.6) is 5.75 Å². The standard InChI is InChI=1S/C18H19NO2/c1-19(20)13-11-18(12-14-19)21-17-9-7-16(8-10-17)15-5-3-2-4-6-15/h2-11H,12-14H2,1H3. The number of hydrogen-bond donors (Lipinski definition) is 0. The van der Waals surface area contributed by atoms with Crippen LogP contribution in [0.4, 0.5) is 0 Å². The monoisotopic (exact) mass is 281 g/mol. The average Bonchev–Trinajstić information content (AvgIpc) is 2.51. The highest BCUT2D eigenvalue weighted by Gasteiger charge is 2.17. The fourth-order valence-corrected chi connectivity index (χ4v) is 2.43. The van der Waals surface area contributed by atoms with Gasteiger partial charge in [-0.05, 0) is 23.3 Å². The van der Waals surface area contributed by atoms with Gasteiger partial charge >= 0.3 is 0 Å². The molecule has 1 aliphatic heterocycles. The Kier molecular flexibility index (Phi) is 3.78. The first-order valence-electron chi connectivity index (χ1n) is 7.20. The summed E-state index contributed by atoms with van der Waals surface area (Å²) in [6.45, 7) is 1.06. The average molecular weight is 281 g/mol. The summed E-state index contributed by atoms with van der Waals surface area (Å²) < 4.78 is 5.64. The van der Waals surface area contributed by atoms with Crippen molar-refractivity contribution in [3.63, 3.8) is 0 Å². The first-order chi connectivity index (χ1) is 10.1. The number of rotatable bonds is 3. The fraction of sp³-hybridized carbons (Fsp3) is 0.222. The van der Waals surface area contributed by atoms with Crippen LogP contribution in [-0.4, -0.2) is 24.8 Å². The molecule has 0 radical (unpaired) electrons. The number of benzene rings is 2. The minimum Gasteiger partial charge on any atom is -0.633 e. The number of quaternary nitrogens is 1. The van der Waals surface area contributed by atoms with E-state index in [1.54, 1.807) is 7.05 Å². The van der Waals surface area contributed by atoms with Crippen molar-refractivity contribution in [3.8, 4) is 16.9 Å². The maximum Gasteiger partial charge on any atom is 0.126 e. The van der Waals surface area contributed by atoms with Crippen molar-refractivity contribution < 1.29 is 9.38 Å². The molecule has 0 saturated carbocycles. The number of nitrogens with zero attached hydrogens (tertiary/aromatic N) is 1. The molecule has 2 aromatic carbocycles. The molecule has 2 aromatic rings. The van der Waals surface area contributed by atoms with Crippen molar-refractivity contribution in [2.24, 2.45) is 0 Å². The third-order valence-corrected chi connectivity index (χ3v) is 3.75. The third kappa shape index (κ3) is 3.51. The first-order valence-corrected chi connectivity index (χ1v) is 7.20. The molecule has 108 valence electrons. The van der Waals surface area contributed by atoms with E-state index in [0.717, 1.165) is 11.5 Å². The molecule has 21 heavy (non-hydrogen) atoms. The maximum atomic E-state index is 11.8. The normalized spacial score (nSPS) is 21.7. The molecular formula is C18H19NO2. The molecule has 0 N–H and O–H groups in total. The lowest BCUT2D eigenvalue weighted by atomic mass is 10.1. The zero-order valence-electron chi connectivity index (χ0n) is 12.2. The van der Waals surface area contributed by atoms with E-state index in [-0.39, 0.29) is 4.65 Å². The molecule has 3 nitrogen and oxygen atoms in total. The van der Waals surface area contributed by atoms with Crippen LogP contribution in [0.15, 0.2) is 66.4 Å².